The molecule has 1 aromatic heterocycles. The SMILES string of the molecule is Fc1ccc2oc(CC3CNc4ccccc43)nc2c1. The van der Waals surface area contributed by atoms with Crippen molar-refractivity contribution in [3.8, 4) is 0 Å². The van der Waals surface area contributed by atoms with Crippen LogP contribution < -0.4 is 5.32 Å². The molecule has 0 radical (unpaired) electrons. The van der Waals surface area contributed by atoms with Gasteiger partial charge in [-0.15, -0.1) is 0 Å². The topological polar surface area (TPSA) is 38.1 Å². The molecule has 2 heterocycles. The maximum Gasteiger partial charge on any atom is 0.196 e. The predicted molar refractivity (Wildman–Crippen MR) is 75.3 cm³/mol. The van der Waals surface area contributed by atoms with E-state index in [1.807, 2.05) is 12.1 Å². The molecule has 2 aromatic carbocycles. The van der Waals surface area contributed by atoms with E-state index in [0.717, 1.165) is 13.0 Å². The van der Waals surface area contributed by atoms with E-state index in [0.29, 0.717) is 22.9 Å². The fourth-order valence-electron chi connectivity index (χ4n) is 2.79. The molecule has 0 fully saturated rings. The van der Waals surface area contributed by atoms with Gasteiger partial charge in [0.1, 0.15) is 11.3 Å². The number of benzene rings is 2. The second kappa shape index (κ2) is 4.34. The Bertz CT molecular complexity index is 781. The zero-order valence-corrected chi connectivity index (χ0v) is 10.8. The summed E-state index contributed by atoms with van der Waals surface area (Å²) in [6.07, 6.45) is 0.723. The summed E-state index contributed by atoms with van der Waals surface area (Å²) in [6.45, 7) is 0.881. The summed E-state index contributed by atoms with van der Waals surface area (Å²) < 4.78 is 18.9. The van der Waals surface area contributed by atoms with Crippen LogP contribution in [0.25, 0.3) is 11.1 Å². The number of anilines is 1. The van der Waals surface area contributed by atoms with Crippen molar-refractivity contribution in [1.29, 1.82) is 0 Å². The molecule has 3 aromatic rings. The molecule has 100 valence electrons. The van der Waals surface area contributed by atoms with E-state index in [9.17, 15) is 4.39 Å². The number of oxazole rings is 1. The fraction of sp³-hybridized carbons (Fsp3) is 0.188. The van der Waals surface area contributed by atoms with Crippen molar-refractivity contribution in [2.75, 3.05) is 11.9 Å². The van der Waals surface area contributed by atoms with Crippen molar-refractivity contribution in [2.45, 2.75) is 12.3 Å². The maximum atomic E-state index is 13.2. The highest BCUT2D eigenvalue weighted by Gasteiger charge is 2.23. The lowest BCUT2D eigenvalue weighted by molar-refractivity contribution is 0.507. The number of para-hydroxylation sites is 1. The van der Waals surface area contributed by atoms with Crippen molar-refractivity contribution in [1.82, 2.24) is 4.98 Å². The number of aromatic nitrogens is 1. The molecule has 20 heavy (non-hydrogen) atoms. The molecule has 1 aliphatic rings. The maximum absolute atomic E-state index is 13.2. The van der Waals surface area contributed by atoms with Gasteiger partial charge in [0, 0.05) is 30.6 Å². The Balaban J connectivity index is 1.65. The van der Waals surface area contributed by atoms with Crippen LogP contribution in [0.4, 0.5) is 10.1 Å². The quantitative estimate of drug-likeness (QED) is 0.769. The van der Waals surface area contributed by atoms with E-state index < -0.39 is 0 Å². The van der Waals surface area contributed by atoms with E-state index >= 15 is 0 Å². The highest BCUT2D eigenvalue weighted by atomic mass is 19.1. The molecule has 1 N–H and O–H groups in total. The smallest absolute Gasteiger partial charge is 0.196 e. The van der Waals surface area contributed by atoms with Gasteiger partial charge < -0.3 is 9.73 Å². The Kier molecular flexibility index (Phi) is 2.49. The van der Waals surface area contributed by atoms with Gasteiger partial charge in [0.15, 0.2) is 11.5 Å². The second-order valence-corrected chi connectivity index (χ2v) is 5.09. The highest BCUT2D eigenvalue weighted by Crippen LogP contribution is 2.33. The molecule has 3 nitrogen and oxygen atoms in total. The lowest BCUT2D eigenvalue weighted by Crippen LogP contribution is -2.05. The van der Waals surface area contributed by atoms with Gasteiger partial charge in [0.2, 0.25) is 0 Å². The predicted octanol–water partition coefficient (Wildman–Crippen LogP) is 3.72. The van der Waals surface area contributed by atoms with Crippen molar-refractivity contribution in [3.05, 3.63) is 59.7 Å². The molecule has 1 unspecified atom stereocenters. The monoisotopic (exact) mass is 268 g/mol. The van der Waals surface area contributed by atoms with E-state index in [4.69, 9.17) is 4.42 Å². The van der Waals surface area contributed by atoms with E-state index in [1.54, 1.807) is 6.07 Å². The number of hydrogen-bond acceptors (Lipinski definition) is 3. The first kappa shape index (κ1) is 11.5. The van der Waals surface area contributed by atoms with Gasteiger partial charge in [0.25, 0.3) is 0 Å². The Morgan fingerprint density at radius 2 is 2.15 bits per heavy atom. The minimum Gasteiger partial charge on any atom is -0.441 e. The van der Waals surface area contributed by atoms with Crippen LogP contribution in [0, 0.1) is 5.82 Å². The zero-order chi connectivity index (χ0) is 13.5. The van der Waals surface area contributed by atoms with Gasteiger partial charge >= 0.3 is 0 Å². The van der Waals surface area contributed by atoms with Crippen LogP contribution in [-0.4, -0.2) is 11.5 Å². The Hall–Kier alpha value is -2.36. The Morgan fingerprint density at radius 3 is 3.10 bits per heavy atom. The number of nitrogens with one attached hydrogen (secondary N) is 1. The summed E-state index contributed by atoms with van der Waals surface area (Å²) in [5.74, 6) is 0.725. The van der Waals surface area contributed by atoms with Crippen LogP contribution in [0.1, 0.15) is 17.4 Å². The Morgan fingerprint density at radius 1 is 1.25 bits per heavy atom. The van der Waals surface area contributed by atoms with Crippen LogP contribution in [0.3, 0.4) is 0 Å². The lowest BCUT2D eigenvalue weighted by Gasteiger charge is -2.06. The molecule has 0 saturated heterocycles. The van der Waals surface area contributed by atoms with Gasteiger partial charge in [-0.2, -0.15) is 0 Å². The highest BCUT2D eigenvalue weighted by molar-refractivity contribution is 5.72. The molecule has 0 spiro atoms. The van der Waals surface area contributed by atoms with Crippen LogP contribution in [0.15, 0.2) is 46.9 Å². The van der Waals surface area contributed by atoms with Crippen molar-refractivity contribution in [3.63, 3.8) is 0 Å². The van der Waals surface area contributed by atoms with Gasteiger partial charge in [-0.3, -0.25) is 0 Å². The van der Waals surface area contributed by atoms with E-state index in [1.165, 1.54) is 23.4 Å². The zero-order valence-electron chi connectivity index (χ0n) is 10.8. The first-order chi connectivity index (χ1) is 9.79. The fourth-order valence-corrected chi connectivity index (χ4v) is 2.79. The summed E-state index contributed by atoms with van der Waals surface area (Å²) in [7, 11) is 0. The van der Waals surface area contributed by atoms with Crippen molar-refractivity contribution < 1.29 is 8.81 Å². The van der Waals surface area contributed by atoms with Gasteiger partial charge in [-0.05, 0) is 23.8 Å². The molecule has 4 rings (SSSR count). The third-order valence-electron chi connectivity index (χ3n) is 3.75. The first-order valence-corrected chi connectivity index (χ1v) is 6.67. The third-order valence-corrected chi connectivity index (χ3v) is 3.75. The summed E-state index contributed by atoms with van der Waals surface area (Å²) in [4.78, 5) is 4.38. The summed E-state index contributed by atoms with van der Waals surface area (Å²) in [5.41, 5.74) is 3.69. The van der Waals surface area contributed by atoms with Crippen LogP contribution in [-0.2, 0) is 6.42 Å². The number of rotatable bonds is 2. The largest absolute Gasteiger partial charge is 0.441 e. The summed E-state index contributed by atoms with van der Waals surface area (Å²) >= 11 is 0. The lowest BCUT2D eigenvalue weighted by atomic mass is 9.98. The molecular weight excluding hydrogens is 255 g/mol. The van der Waals surface area contributed by atoms with Crippen molar-refractivity contribution in [2.24, 2.45) is 0 Å². The molecule has 1 atom stereocenters. The van der Waals surface area contributed by atoms with Crippen LogP contribution in [0.5, 0.6) is 0 Å². The molecule has 4 heteroatoms. The minimum atomic E-state index is -0.287. The normalized spacial score (nSPS) is 17.1. The molecule has 1 aliphatic heterocycles. The summed E-state index contributed by atoms with van der Waals surface area (Å²) in [5, 5.41) is 3.38. The second-order valence-electron chi connectivity index (χ2n) is 5.09. The van der Waals surface area contributed by atoms with Crippen LogP contribution >= 0.6 is 0 Å². The molecule has 0 aliphatic carbocycles. The number of fused-ring (bicyclic) bond motifs is 2. The molecular formula is C16H13FN2O. The number of hydrogen-bond donors (Lipinski definition) is 1. The van der Waals surface area contributed by atoms with E-state index in [2.05, 4.69) is 22.4 Å². The van der Waals surface area contributed by atoms with Gasteiger partial charge in [-0.1, -0.05) is 18.2 Å². The Labute approximate surface area is 115 Å². The first-order valence-electron chi connectivity index (χ1n) is 6.67. The third kappa shape index (κ3) is 1.84. The minimum absolute atomic E-state index is 0.287. The molecule has 0 saturated carbocycles. The van der Waals surface area contributed by atoms with E-state index in [-0.39, 0.29) is 5.82 Å². The van der Waals surface area contributed by atoms with Crippen LogP contribution in [0.2, 0.25) is 0 Å². The standard InChI is InChI=1S/C16H13FN2O/c17-11-5-6-15-14(8-11)19-16(20-15)7-10-9-18-13-4-2-1-3-12(10)13/h1-6,8,10,18H,7,9H2. The number of halogens is 1. The van der Waals surface area contributed by atoms with Gasteiger partial charge in [-0.25, -0.2) is 9.37 Å². The number of nitrogens with zero attached hydrogens (tertiary/aromatic N) is 1. The average Bonchev–Trinajstić information content (AvgIpc) is 3.03. The van der Waals surface area contributed by atoms with Gasteiger partial charge in [0.05, 0.1) is 0 Å². The average molecular weight is 268 g/mol. The summed E-state index contributed by atoms with van der Waals surface area (Å²) in [6, 6.07) is 12.7. The molecule has 0 bridgehead atoms. The van der Waals surface area contributed by atoms with Crippen molar-refractivity contribution >= 4 is 16.8 Å². The molecule has 0 amide bonds.